The lowest BCUT2D eigenvalue weighted by Gasteiger charge is -2.42. The van der Waals surface area contributed by atoms with E-state index >= 15 is 0 Å². The van der Waals surface area contributed by atoms with Crippen molar-refractivity contribution in [1.29, 1.82) is 0 Å². The molecule has 0 aromatic carbocycles. The van der Waals surface area contributed by atoms with Crippen LogP contribution in [0.25, 0.3) is 0 Å². The molecule has 4 atom stereocenters. The van der Waals surface area contributed by atoms with E-state index in [2.05, 4.69) is 30.8 Å². The summed E-state index contributed by atoms with van der Waals surface area (Å²) in [5, 5.41) is 10.4. The van der Waals surface area contributed by atoms with Crippen LogP contribution in [0.2, 0.25) is 0 Å². The Morgan fingerprint density at radius 1 is 1.21 bits per heavy atom. The molecule has 0 aromatic heterocycles. The van der Waals surface area contributed by atoms with Gasteiger partial charge in [0.1, 0.15) is 0 Å². The zero-order chi connectivity index (χ0) is 13.8. The Labute approximate surface area is 119 Å². The molecule has 1 saturated heterocycles. The Kier molecular flexibility index (Phi) is 5.67. The molecular formula is C16H32N2O. The first-order valence-corrected chi connectivity index (χ1v) is 8.20. The summed E-state index contributed by atoms with van der Waals surface area (Å²) in [5.74, 6) is 0.846. The van der Waals surface area contributed by atoms with Crippen molar-refractivity contribution < 1.29 is 5.11 Å². The van der Waals surface area contributed by atoms with Crippen LogP contribution in [-0.2, 0) is 0 Å². The number of likely N-dealkylation sites (tertiary alicyclic amines) is 1. The van der Waals surface area contributed by atoms with E-state index in [1.807, 2.05) is 0 Å². The molecule has 0 spiro atoms. The highest BCUT2D eigenvalue weighted by Crippen LogP contribution is 2.34. The first-order valence-electron chi connectivity index (χ1n) is 8.20. The van der Waals surface area contributed by atoms with E-state index in [0.29, 0.717) is 12.1 Å². The van der Waals surface area contributed by atoms with Crippen LogP contribution in [0.4, 0.5) is 0 Å². The molecule has 2 rings (SSSR count). The smallest absolute Gasteiger partial charge is 0.0695 e. The quantitative estimate of drug-likeness (QED) is 0.829. The van der Waals surface area contributed by atoms with Gasteiger partial charge >= 0.3 is 0 Å². The number of hydrogen-bond donors (Lipinski definition) is 1. The monoisotopic (exact) mass is 268 g/mol. The van der Waals surface area contributed by atoms with E-state index in [1.165, 1.54) is 45.1 Å². The average molecular weight is 268 g/mol. The van der Waals surface area contributed by atoms with Crippen molar-refractivity contribution >= 4 is 0 Å². The van der Waals surface area contributed by atoms with E-state index in [-0.39, 0.29) is 6.10 Å². The van der Waals surface area contributed by atoms with Crippen molar-refractivity contribution in [3.05, 3.63) is 0 Å². The van der Waals surface area contributed by atoms with Crippen molar-refractivity contribution in [3.63, 3.8) is 0 Å². The van der Waals surface area contributed by atoms with Gasteiger partial charge in [-0.2, -0.15) is 0 Å². The predicted molar refractivity (Wildman–Crippen MR) is 80.3 cm³/mol. The molecule has 2 fully saturated rings. The number of aliphatic hydroxyl groups is 1. The minimum absolute atomic E-state index is 0.0872. The Morgan fingerprint density at radius 2 is 2.00 bits per heavy atom. The molecule has 1 heterocycles. The molecule has 1 aliphatic carbocycles. The van der Waals surface area contributed by atoms with Crippen LogP contribution >= 0.6 is 0 Å². The Bertz CT molecular complexity index is 269. The Morgan fingerprint density at radius 3 is 2.68 bits per heavy atom. The third-order valence-corrected chi connectivity index (χ3v) is 5.01. The summed E-state index contributed by atoms with van der Waals surface area (Å²) in [6.07, 6.45) is 8.62. The van der Waals surface area contributed by atoms with Gasteiger partial charge in [0.15, 0.2) is 0 Å². The molecular weight excluding hydrogens is 236 g/mol. The number of aliphatic hydroxyl groups excluding tert-OH is 1. The second-order valence-corrected chi connectivity index (χ2v) is 6.90. The lowest BCUT2D eigenvalue weighted by molar-refractivity contribution is -0.00752. The molecule has 4 unspecified atom stereocenters. The summed E-state index contributed by atoms with van der Waals surface area (Å²) in [5.41, 5.74) is 0. The minimum atomic E-state index is -0.0872. The summed E-state index contributed by atoms with van der Waals surface area (Å²) >= 11 is 0. The molecule has 3 heteroatoms. The van der Waals surface area contributed by atoms with Crippen molar-refractivity contribution in [2.75, 3.05) is 27.2 Å². The SMILES string of the molecule is CCCC1CCC(O)C(N2CCCC2CN(C)C)C1. The molecule has 0 radical (unpaired) electrons. The molecule has 19 heavy (non-hydrogen) atoms. The van der Waals surface area contributed by atoms with Gasteiger partial charge in [0.25, 0.3) is 0 Å². The third-order valence-electron chi connectivity index (χ3n) is 5.01. The maximum Gasteiger partial charge on any atom is 0.0695 e. The minimum Gasteiger partial charge on any atom is -0.391 e. The Hall–Kier alpha value is -0.120. The summed E-state index contributed by atoms with van der Waals surface area (Å²) in [6.45, 7) is 4.62. The van der Waals surface area contributed by atoms with Gasteiger partial charge in [-0.1, -0.05) is 19.8 Å². The number of nitrogens with zero attached hydrogens (tertiary/aromatic N) is 2. The average Bonchev–Trinajstić information content (AvgIpc) is 2.79. The van der Waals surface area contributed by atoms with Crippen LogP contribution in [0, 0.1) is 5.92 Å². The molecule has 0 bridgehead atoms. The molecule has 0 amide bonds. The van der Waals surface area contributed by atoms with Gasteiger partial charge in [-0.3, -0.25) is 4.90 Å². The van der Waals surface area contributed by atoms with Gasteiger partial charge in [0.2, 0.25) is 0 Å². The molecule has 2 aliphatic rings. The van der Waals surface area contributed by atoms with Crippen LogP contribution < -0.4 is 0 Å². The van der Waals surface area contributed by atoms with Gasteiger partial charge < -0.3 is 10.0 Å². The van der Waals surface area contributed by atoms with Crippen LogP contribution in [0.15, 0.2) is 0 Å². The number of likely N-dealkylation sites (N-methyl/N-ethyl adjacent to an activating group) is 1. The zero-order valence-electron chi connectivity index (χ0n) is 13.0. The highest BCUT2D eigenvalue weighted by Gasteiger charge is 2.38. The maximum atomic E-state index is 10.4. The molecule has 1 N–H and O–H groups in total. The molecule has 1 aliphatic heterocycles. The van der Waals surface area contributed by atoms with Crippen LogP contribution in [0.3, 0.4) is 0 Å². The highest BCUT2D eigenvalue weighted by molar-refractivity contribution is 4.93. The van der Waals surface area contributed by atoms with E-state index in [9.17, 15) is 5.11 Å². The normalized spacial score (nSPS) is 37.1. The van der Waals surface area contributed by atoms with Gasteiger partial charge in [-0.25, -0.2) is 0 Å². The number of hydrogen-bond acceptors (Lipinski definition) is 3. The van der Waals surface area contributed by atoms with Crippen molar-refractivity contribution in [3.8, 4) is 0 Å². The predicted octanol–water partition coefficient (Wildman–Crippen LogP) is 2.34. The fourth-order valence-electron chi connectivity index (χ4n) is 4.15. The highest BCUT2D eigenvalue weighted by atomic mass is 16.3. The third kappa shape index (κ3) is 3.93. The number of rotatable bonds is 5. The van der Waals surface area contributed by atoms with Crippen LogP contribution in [0.5, 0.6) is 0 Å². The maximum absolute atomic E-state index is 10.4. The lowest BCUT2D eigenvalue weighted by Crippen LogP contribution is -2.51. The van der Waals surface area contributed by atoms with Gasteiger partial charge in [-0.05, 0) is 58.7 Å². The molecule has 112 valence electrons. The second kappa shape index (κ2) is 7.05. The van der Waals surface area contributed by atoms with Gasteiger partial charge in [-0.15, -0.1) is 0 Å². The fourth-order valence-corrected chi connectivity index (χ4v) is 4.15. The van der Waals surface area contributed by atoms with E-state index in [0.717, 1.165) is 18.9 Å². The van der Waals surface area contributed by atoms with Crippen LogP contribution in [0.1, 0.15) is 51.9 Å². The second-order valence-electron chi connectivity index (χ2n) is 6.90. The molecule has 1 saturated carbocycles. The van der Waals surface area contributed by atoms with E-state index < -0.39 is 0 Å². The fraction of sp³-hybridized carbons (Fsp3) is 1.00. The zero-order valence-corrected chi connectivity index (χ0v) is 13.0. The van der Waals surface area contributed by atoms with E-state index in [4.69, 9.17) is 0 Å². The van der Waals surface area contributed by atoms with Crippen molar-refractivity contribution in [2.24, 2.45) is 5.92 Å². The summed E-state index contributed by atoms with van der Waals surface area (Å²) < 4.78 is 0. The first-order chi connectivity index (χ1) is 9.11. The standard InChI is InChI=1S/C16H32N2O/c1-4-6-13-8-9-16(19)15(11-13)18-10-5-7-14(18)12-17(2)3/h13-16,19H,4-12H2,1-3H3. The Balaban J connectivity index is 1.97. The van der Waals surface area contributed by atoms with Crippen molar-refractivity contribution in [2.45, 2.75) is 70.1 Å². The molecule has 3 nitrogen and oxygen atoms in total. The topological polar surface area (TPSA) is 26.7 Å². The summed E-state index contributed by atoms with van der Waals surface area (Å²) in [6, 6.07) is 1.09. The lowest BCUT2D eigenvalue weighted by atomic mass is 9.80. The first kappa shape index (κ1) is 15.3. The molecule has 0 aromatic rings. The summed E-state index contributed by atoms with van der Waals surface area (Å²) in [4.78, 5) is 4.92. The summed E-state index contributed by atoms with van der Waals surface area (Å²) in [7, 11) is 4.32. The van der Waals surface area contributed by atoms with Crippen LogP contribution in [-0.4, -0.2) is 60.3 Å². The van der Waals surface area contributed by atoms with Gasteiger partial charge in [0, 0.05) is 18.6 Å². The largest absolute Gasteiger partial charge is 0.391 e. The van der Waals surface area contributed by atoms with Gasteiger partial charge in [0.05, 0.1) is 6.10 Å². The van der Waals surface area contributed by atoms with Crippen molar-refractivity contribution in [1.82, 2.24) is 9.80 Å². The van der Waals surface area contributed by atoms with E-state index in [1.54, 1.807) is 0 Å².